The van der Waals surface area contributed by atoms with Gasteiger partial charge in [-0.3, -0.25) is 0 Å². The van der Waals surface area contributed by atoms with Crippen LogP contribution in [-0.2, 0) is 0 Å². The Morgan fingerprint density at radius 1 is 1.06 bits per heavy atom. The first-order valence-electron chi connectivity index (χ1n) is 5.71. The van der Waals surface area contributed by atoms with Gasteiger partial charge in [0.05, 0.1) is 0 Å². The largest absolute Gasteiger partial charge is 0.303 e. The van der Waals surface area contributed by atoms with Crippen LogP contribution >= 0.6 is 27.3 Å². The fraction of sp³-hybridized carbons (Fsp3) is 0.286. The van der Waals surface area contributed by atoms with E-state index in [-0.39, 0.29) is 0 Å². The Morgan fingerprint density at radius 2 is 1.76 bits per heavy atom. The predicted molar refractivity (Wildman–Crippen MR) is 78.4 cm³/mol. The van der Waals surface area contributed by atoms with Crippen LogP contribution in [-0.4, -0.2) is 0 Å². The van der Waals surface area contributed by atoms with Gasteiger partial charge in [0, 0.05) is 21.4 Å². The van der Waals surface area contributed by atoms with E-state index < -0.39 is 0 Å². The van der Waals surface area contributed by atoms with Gasteiger partial charge in [-0.25, -0.2) is 0 Å². The molecule has 1 unspecified atom stereocenters. The lowest BCUT2D eigenvalue weighted by Crippen LogP contribution is -2.21. The van der Waals surface area contributed by atoms with Crippen molar-refractivity contribution in [3.05, 3.63) is 56.7 Å². The average molecular weight is 310 g/mol. The molecule has 0 spiro atoms. The van der Waals surface area contributed by atoms with E-state index in [1.165, 1.54) is 10.4 Å². The monoisotopic (exact) mass is 309 g/mol. The van der Waals surface area contributed by atoms with Crippen molar-refractivity contribution in [3.8, 4) is 0 Å². The van der Waals surface area contributed by atoms with Crippen LogP contribution in [0.5, 0.6) is 0 Å². The first-order chi connectivity index (χ1) is 8.16. The van der Waals surface area contributed by atoms with Crippen LogP contribution in [0, 0.1) is 0 Å². The van der Waals surface area contributed by atoms with E-state index >= 15 is 0 Å². The van der Waals surface area contributed by atoms with E-state index in [9.17, 15) is 0 Å². The Hall–Kier alpha value is -0.640. The van der Waals surface area contributed by atoms with E-state index in [1.807, 2.05) is 0 Å². The van der Waals surface area contributed by atoms with E-state index in [0.29, 0.717) is 12.1 Å². The van der Waals surface area contributed by atoms with E-state index in [1.54, 1.807) is 11.3 Å². The first-order valence-corrected chi connectivity index (χ1v) is 7.39. The Labute approximate surface area is 115 Å². The lowest BCUT2D eigenvalue weighted by atomic mass is 10.1. The second-order valence-electron chi connectivity index (χ2n) is 4.18. The molecule has 90 valence electrons. The van der Waals surface area contributed by atoms with Gasteiger partial charge < -0.3 is 5.32 Å². The maximum absolute atomic E-state index is 3.61. The van der Waals surface area contributed by atoms with Crippen LogP contribution in [0.2, 0.25) is 0 Å². The summed E-state index contributed by atoms with van der Waals surface area (Å²) < 4.78 is 1.12. The molecule has 1 aromatic carbocycles. The van der Waals surface area contributed by atoms with Crippen LogP contribution in [0.3, 0.4) is 0 Å². The van der Waals surface area contributed by atoms with Crippen LogP contribution < -0.4 is 5.32 Å². The van der Waals surface area contributed by atoms with Crippen LogP contribution in [0.4, 0.5) is 0 Å². The number of benzene rings is 1. The summed E-state index contributed by atoms with van der Waals surface area (Å²) in [6.45, 7) is 4.41. The molecule has 3 heteroatoms. The van der Waals surface area contributed by atoms with Crippen molar-refractivity contribution in [1.29, 1.82) is 0 Å². The molecule has 1 heterocycles. The third-order valence-electron chi connectivity index (χ3n) is 2.84. The van der Waals surface area contributed by atoms with E-state index in [4.69, 9.17) is 0 Å². The average Bonchev–Trinajstić information content (AvgIpc) is 2.83. The summed E-state index contributed by atoms with van der Waals surface area (Å²) in [4.78, 5) is 1.38. The van der Waals surface area contributed by atoms with Crippen molar-refractivity contribution in [1.82, 2.24) is 5.32 Å². The molecule has 0 fully saturated rings. The first kappa shape index (κ1) is 12.8. The third kappa shape index (κ3) is 3.41. The highest BCUT2D eigenvalue weighted by Crippen LogP contribution is 2.23. The highest BCUT2D eigenvalue weighted by molar-refractivity contribution is 9.10. The van der Waals surface area contributed by atoms with Crippen LogP contribution in [0.25, 0.3) is 0 Å². The number of rotatable bonds is 4. The number of hydrogen-bond donors (Lipinski definition) is 1. The molecule has 0 radical (unpaired) electrons. The summed E-state index contributed by atoms with van der Waals surface area (Å²) >= 11 is 5.26. The standard InChI is InChI=1S/C14H16BrNS/c1-10(12-5-7-13(15)8-6-12)16-11(2)14-4-3-9-17-14/h3-11,16H,1-2H3/t10-,11?/m0/s1. The Morgan fingerprint density at radius 3 is 2.35 bits per heavy atom. The van der Waals surface area contributed by atoms with Crippen molar-refractivity contribution in [2.75, 3.05) is 0 Å². The molecule has 2 atom stereocenters. The SMILES string of the molecule is CC(N[C@@H](C)c1ccc(Br)cc1)c1cccs1. The third-order valence-corrected chi connectivity index (χ3v) is 4.42. The normalized spacial score (nSPS) is 14.5. The van der Waals surface area contributed by atoms with E-state index in [2.05, 4.69) is 76.9 Å². The van der Waals surface area contributed by atoms with Crippen molar-refractivity contribution in [2.24, 2.45) is 0 Å². The van der Waals surface area contributed by atoms with Crippen molar-refractivity contribution < 1.29 is 0 Å². The van der Waals surface area contributed by atoms with Gasteiger partial charge in [-0.15, -0.1) is 11.3 Å². The fourth-order valence-corrected chi connectivity index (χ4v) is 2.85. The molecule has 0 aliphatic heterocycles. The molecular formula is C14H16BrNS. The lowest BCUT2D eigenvalue weighted by molar-refractivity contribution is 0.500. The summed E-state index contributed by atoms with van der Waals surface area (Å²) in [5.41, 5.74) is 1.32. The molecule has 0 saturated carbocycles. The molecule has 0 aliphatic carbocycles. The molecular weight excluding hydrogens is 294 g/mol. The lowest BCUT2D eigenvalue weighted by Gasteiger charge is -2.19. The Bertz CT molecular complexity index is 450. The van der Waals surface area contributed by atoms with E-state index in [0.717, 1.165) is 4.47 Å². The number of hydrogen-bond acceptors (Lipinski definition) is 2. The van der Waals surface area contributed by atoms with Crippen molar-refractivity contribution >= 4 is 27.3 Å². The van der Waals surface area contributed by atoms with Crippen molar-refractivity contribution in [2.45, 2.75) is 25.9 Å². The molecule has 1 nitrogen and oxygen atoms in total. The molecule has 1 aromatic heterocycles. The predicted octanol–water partition coefficient (Wildman–Crippen LogP) is 4.92. The van der Waals surface area contributed by atoms with Gasteiger partial charge in [0.2, 0.25) is 0 Å². The molecule has 2 aromatic rings. The molecule has 1 N–H and O–H groups in total. The highest BCUT2D eigenvalue weighted by Gasteiger charge is 2.11. The molecule has 0 saturated heterocycles. The zero-order valence-corrected chi connectivity index (χ0v) is 12.4. The molecule has 0 bridgehead atoms. The van der Waals surface area contributed by atoms with Crippen LogP contribution in [0.15, 0.2) is 46.3 Å². The molecule has 17 heavy (non-hydrogen) atoms. The smallest absolute Gasteiger partial charge is 0.0391 e. The topological polar surface area (TPSA) is 12.0 Å². The Kier molecular flexibility index (Phi) is 4.37. The van der Waals surface area contributed by atoms with Gasteiger partial charge in [0.15, 0.2) is 0 Å². The number of nitrogens with one attached hydrogen (secondary N) is 1. The van der Waals surface area contributed by atoms with Crippen molar-refractivity contribution in [3.63, 3.8) is 0 Å². The summed E-state index contributed by atoms with van der Waals surface area (Å²) in [7, 11) is 0. The summed E-state index contributed by atoms with van der Waals surface area (Å²) in [5, 5.41) is 5.74. The number of thiophene rings is 1. The second kappa shape index (κ2) is 5.80. The maximum Gasteiger partial charge on any atom is 0.0391 e. The molecule has 0 aliphatic rings. The zero-order valence-electron chi connectivity index (χ0n) is 9.98. The molecule has 2 rings (SSSR count). The molecule has 0 amide bonds. The summed E-state index contributed by atoms with van der Waals surface area (Å²) in [5.74, 6) is 0. The quantitative estimate of drug-likeness (QED) is 0.845. The fourth-order valence-electron chi connectivity index (χ4n) is 1.84. The second-order valence-corrected chi connectivity index (χ2v) is 6.07. The minimum atomic E-state index is 0.361. The van der Waals surface area contributed by atoms with Gasteiger partial charge in [-0.1, -0.05) is 34.1 Å². The van der Waals surface area contributed by atoms with Gasteiger partial charge in [-0.05, 0) is 43.0 Å². The minimum absolute atomic E-state index is 0.361. The van der Waals surface area contributed by atoms with Gasteiger partial charge >= 0.3 is 0 Å². The van der Waals surface area contributed by atoms with Gasteiger partial charge in [0.1, 0.15) is 0 Å². The van der Waals surface area contributed by atoms with Crippen LogP contribution in [0.1, 0.15) is 36.4 Å². The van der Waals surface area contributed by atoms with Gasteiger partial charge in [0.25, 0.3) is 0 Å². The number of halogens is 1. The zero-order chi connectivity index (χ0) is 12.3. The van der Waals surface area contributed by atoms with Gasteiger partial charge in [-0.2, -0.15) is 0 Å². The summed E-state index contributed by atoms with van der Waals surface area (Å²) in [6, 6.07) is 13.5. The Balaban J connectivity index is 2.01. The minimum Gasteiger partial charge on any atom is -0.303 e. The summed E-state index contributed by atoms with van der Waals surface area (Å²) in [6.07, 6.45) is 0. The maximum atomic E-state index is 3.61. The highest BCUT2D eigenvalue weighted by atomic mass is 79.9.